The van der Waals surface area contributed by atoms with Gasteiger partial charge in [-0.3, -0.25) is 0 Å². The minimum Gasteiger partial charge on any atom is -0.224 e. The van der Waals surface area contributed by atoms with Gasteiger partial charge in [-0.2, -0.15) is 0 Å². The molecule has 2 rings (SSSR count). The summed E-state index contributed by atoms with van der Waals surface area (Å²) in [5.74, 6) is 0. The summed E-state index contributed by atoms with van der Waals surface area (Å²) < 4.78 is 0.608. The minimum atomic E-state index is 0.608. The number of halogens is 1. The normalized spacial score (nSPS) is 25.4. The number of nitrogens with zero attached hydrogens (tertiary/aromatic N) is 2. The van der Waals surface area contributed by atoms with Gasteiger partial charge in [-0.05, 0) is 12.1 Å². The molecule has 0 radical (unpaired) electrons. The summed E-state index contributed by atoms with van der Waals surface area (Å²) in [6.07, 6.45) is 5.70. The van der Waals surface area contributed by atoms with Crippen LogP contribution in [0.5, 0.6) is 0 Å². The molecule has 0 saturated heterocycles. The summed E-state index contributed by atoms with van der Waals surface area (Å²) in [5.41, 5.74) is 1.15. The lowest BCUT2D eigenvalue weighted by atomic mass is 10.3. The summed E-state index contributed by atoms with van der Waals surface area (Å²) in [6, 6.07) is 7.79. The van der Waals surface area contributed by atoms with Crippen molar-refractivity contribution in [1.29, 1.82) is 0 Å². The van der Waals surface area contributed by atoms with E-state index >= 15 is 0 Å². The summed E-state index contributed by atoms with van der Waals surface area (Å²) in [6.45, 7) is 0. The average molecular weight is 194 g/mol. The molecule has 1 atom stereocenters. The van der Waals surface area contributed by atoms with Gasteiger partial charge < -0.3 is 0 Å². The number of benzene rings is 1. The van der Waals surface area contributed by atoms with Crippen LogP contribution < -0.4 is 4.48 Å². The SMILES string of the molecule is C[N+]1(c2ccc(Cl)cc2)C=CN=C1. The maximum Gasteiger partial charge on any atom is 0.199 e. The van der Waals surface area contributed by atoms with E-state index in [-0.39, 0.29) is 0 Å². The molecule has 13 heavy (non-hydrogen) atoms. The van der Waals surface area contributed by atoms with Crippen LogP contribution in [0.4, 0.5) is 5.69 Å². The van der Waals surface area contributed by atoms with E-state index in [0.29, 0.717) is 4.48 Å². The molecule has 0 amide bonds. The second-order valence-corrected chi connectivity index (χ2v) is 3.62. The lowest BCUT2D eigenvalue weighted by Crippen LogP contribution is -2.35. The first-order valence-corrected chi connectivity index (χ1v) is 4.43. The standard InChI is InChI=1S/C10H10ClN2/c1-13(7-6-12-8-13)10-4-2-9(11)3-5-10/h2-8H,1H3/q+1. The van der Waals surface area contributed by atoms with Crippen LogP contribution in [0.3, 0.4) is 0 Å². The lowest BCUT2D eigenvalue weighted by molar-refractivity contribution is 0.685. The van der Waals surface area contributed by atoms with Crippen LogP contribution in [-0.2, 0) is 0 Å². The first kappa shape index (κ1) is 8.48. The Labute approximate surface area is 82.4 Å². The summed E-state index contributed by atoms with van der Waals surface area (Å²) >= 11 is 5.81. The average Bonchev–Trinajstić information content (AvgIpc) is 2.54. The molecule has 0 aromatic heterocycles. The highest BCUT2D eigenvalue weighted by molar-refractivity contribution is 6.30. The molecule has 1 unspecified atom stereocenters. The number of aliphatic imine (C=N–C) groups is 1. The van der Waals surface area contributed by atoms with Crippen molar-refractivity contribution in [3.63, 3.8) is 0 Å². The van der Waals surface area contributed by atoms with Gasteiger partial charge in [-0.25, -0.2) is 9.48 Å². The van der Waals surface area contributed by atoms with Gasteiger partial charge >= 0.3 is 0 Å². The molecule has 0 saturated carbocycles. The zero-order chi connectivity index (χ0) is 9.31. The third-order valence-electron chi connectivity index (χ3n) is 2.15. The molecule has 1 aromatic carbocycles. The smallest absolute Gasteiger partial charge is 0.199 e. The fourth-order valence-corrected chi connectivity index (χ4v) is 1.43. The van der Waals surface area contributed by atoms with Gasteiger partial charge in [0.1, 0.15) is 11.9 Å². The van der Waals surface area contributed by atoms with Crippen LogP contribution in [0, 0.1) is 0 Å². The van der Waals surface area contributed by atoms with Crippen LogP contribution >= 0.6 is 11.6 Å². The van der Waals surface area contributed by atoms with Crippen molar-refractivity contribution in [2.24, 2.45) is 4.99 Å². The molecule has 0 spiro atoms. The van der Waals surface area contributed by atoms with Gasteiger partial charge in [0.2, 0.25) is 0 Å². The largest absolute Gasteiger partial charge is 0.224 e. The van der Waals surface area contributed by atoms with Crippen molar-refractivity contribution in [2.75, 3.05) is 7.05 Å². The first-order valence-electron chi connectivity index (χ1n) is 4.05. The van der Waals surface area contributed by atoms with Gasteiger partial charge in [0.15, 0.2) is 6.34 Å². The molecule has 1 aliphatic rings. The molecule has 66 valence electrons. The second-order valence-electron chi connectivity index (χ2n) is 3.19. The number of rotatable bonds is 1. The van der Waals surface area contributed by atoms with Crippen LogP contribution in [-0.4, -0.2) is 13.4 Å². The van der Waals surface area contributed by atoms with Gasteiger partial charge in [0.05, 0.1) is 13.2 Å². The molecule has 2 nitrogen and oxygen atoms in total. The molecule has 0 aliphatic carbocycles. The second kappa shape index (κ2) is 2.98. The molecule has 1 heterocycles. The maximum absolute atomic E-state index is 5.81. The topological polar surface area (TPSA) is 12.4 Å². The predicted octanol–water partition coefficient (Wildman–Crippen LogP) is 2.79. The Balaban J connectivity index is 2.41. The summed E-state index contributed by atoms with van der Waals surface area (Å²) in [7, 11) is 2.07. The Kier molecular flexibility index (Phi) is 1.94. The van der Waals surface area contributed by atoms with Gasteiger partial charge in [-0.15, -0.1) is 0 Å². The van der Waals surface area contributed by atoms with Crippen LogP contribution in [0.1, 0.15) is 0 Å². The predicted molar refractivity (Wildman–Crippen MR) is 56.8 cm³/mol. The lowest BCUT2D eigenvalue weighted by Gasteiger charge is -2.20. The fraction of sp³-hybridized carbons (Fsp3) is 0.100. The van der Waals surface area contributed by atoms with Crippen LogP contribution in [0.2, 0.25) is 5.02 Å². The summed E-state index contributed by atoms with van der Waals surface area (Å²) in [5, 5.41) is 0.760. The van der Waals surface area contributed by atoms with Crippen molar-refractivity contribution < 1.29 is 0 Å². The zero-order valence-corrected chi connectivity index (χ0v) is 8.07. The van der Waals surface area contributed by atoms with E-state index in [2.05, 4.69) is 12.0 Å². The number of hydrogen-bond donors (Lipinski definition) is 0. The van der Waals surface area contributed by atoms with Crippen molar-refractivity contribution in [2.45, 2.75) is 0 Å². The zero-order valence-electron chi connectivity index (χ0n) is 7.31. The summed E-state index contributed by atoms with van der Waals surface area (Å²) in [4.78, 5) is 4.07. The molecule has 0 bridgehead atoms. The van der Waals surface area contributed by atoms with Gasteiger partial charge in [-0.1, -0.05) is 11.6 Å². The van der Waals surface area contributed by atoms with E-state index in [4.69, 9.17) is 11.6 Å². The first-order chi connectivity index (χ1) is 6.21. The van der Waals surface area contributed by atoms with Crippen molar-refractivity contribution in [3.8, 4) is 0 Å². The van der Waals surface area contributed by atoms with Gasteiger partial charge in [0.25, 0.3) is 0 Å². The van der Waals surface area contributed by atoms with Crippen LogP contribution in [0.15, 0.2) is 41.7 Å². The van der Waals surface area contributed by atoms with E-state index in [1.54, 1.807) is 6.20 Å². The molecule has 3 heteroatoms. The molecular formula is C10H10ClN2+. The van der Waals surface area contributed by atoms with E-state index in [1.807, 2.05) is 36.8 Å². The Morgan fingerprint density at radius 2 is 1.92 bits per heavy atom. The molecule has 1 aromatic rings. The van der Waals surface area contributed by atoms with Crippen molar-refractivity contribution in [3.05, 3.63) is 41.7 Å². The third kappa shape index (κ3) is 1.50. The Hall–Kier alpha value is -1.12. The highest BCUT2D eigenvalue weighted by Gasteiger charge is 2.22. The van der Waals surface area contributed by atoms with E-state index < -0.39 is 0 Å². The molecular weight excluding hydrogens is 184 g/mol. The number of quaternary nitrogens is 1. The third-order valence-corrected chi connectivity index (χ3v) is 2.40. The maximum atomic E-state index is 5.81. The van der Waals surface area contributed by atoms with Crippen LogP contribution in [0.25, 0.3) is 0 Å². The monoisotopic (exact) mass is 193 g/mol. The fourth-order valence-electron chi connectivity index (χ4n) is 1.31. The molecule has 0 fully saturated rings. The van der Waals surface area contributed by atoms with E-state index in [0.717, 1.165) is 10.7 Å². The van der Waals surface area contributed by atoms with Crippen molar-refractivity contribution in [1.82, 2.24) is 4.48 Å². The number of hydrogen-bond acceptors (Lipinski definition) is 1. The Morgan fingerprint density at radius 3 is 2.46 bits per heavy atom. The quantitative estimate of drug-likeness (QED) is 0.609. The Morgan fingerprint density at radius 1 is 1.23 bits per heavy atom. The van der Waals surface area contributed by atoms with Crippen molar-refractivity contribution >= 4 is 23.6 Å². The molecule has 1 aliphatic heterocycles. The van der Waals surface area contributed by atoms with E-state index in [1.165, 1.54) is 0 Å². The van der Waals surface area contributed by atoms with Gasteiger partial charge in [0, 0.05) is 17.2 Å². The highest BCUT2D eigenvalue weighted by Crippen LogP contribution is 2.24. The van der Waals surface area contributed by atoms with E-state index in [9.17, 15) is 0 Å². The highest BCUT2D eigenvalue weighted by atomic mass is 35.5. The minimum absolute atomic E-state index is 0.608. The Bertz CT molecular complexity index is 353. The molecule has 0 N–H and O–H groups in total.